The molecular weight excluding hydrogens is 433 g/mol. The van der Waals surface area contributed by atoms with E-state index in [1.807, 2.05) is 0 Å². The lowest BCUT2D eigenvalue weighted by Crippen LogP contribution is -2.39. The van der Waals surface area contributed by atoms with Gasteiger partial charge in [-0.3, -0.25) is 4.90 Å². The van der Waals surface area contributed by atoms with Crippen molar-refractivity contribution in [3.8, 4) is 5.69 Å². The molecule has 12 heteroatoms. The highest BCUT2D eigenvalue weighted by Crippen LogP contribution is 2.26. The number of hydrogen-bond donors (Lipinski definition) is 1. The fraction of sp³-hybridized carbons (Fsp3) is 0.0625. The SMILES string of the molecule is CN(C(=O)n1nnn(-c2c(Cl)cccc2Cl)c1=O)c1ccc(C(=O)O)c(Cl)c1. The average Bonchev–Trinajstić information content (AvgIpc) is 3.01. The number of aromatic nitrogens is 4. The van der Waals surface area contributed by atoms with E-state index in [4.69, 9.17) is 39.9 Å². The van der Waals surface area contributed by atoms with Crippen LogP contribution in [0.4, 0.5) is 10.5 Å². The Balaban J connectivity index is 1.98. The number of tetrazole rings is 1. The van der Waals surface area contributed by atoms with E-state index in [-0.39, 0.29) is 32.0 Å². The summed E-state index contributed by atoms with van der Waals surface area (Å²) in [6, 6.07) is 7.65. The van der Waals surface area contributed by atoms with E-state index in [9.17, 15) is 14.4 Å². The maximum absolute atomic E-state index is 12.7. The van der Waals surface area contributed by atoms with Crippen molar-refractivity contribution in [3.63, 3.8) is 0 Å². The highest BCUT2D eigenvalue weighted by atomic mass is 35.5. The smallest absolute Gasteiger partial charge is 0.377 e. The van der Waals surface area contributed by atoms with Crippen molar-refractivity contribution < 1.29 is 14.7 Å². The van der Waals surface area contributed by atoms with Gasteiger partial charge in [0, 0.05) is 12.7 Å². The molecule has 0 bridgehead atoms. The number of benzene rings is 2. The standard InChI is InChI=1S/C16H10Cl3N5O4/c1-22(8-5-6-9(14(25)26)12(19)7-8)15(27)24-16(28)23(20-21-24)13-10(17)3-2-4-11(13)18/h2-7H,1H3,(H,25,26). The van der Waals surface area contributed by atoms with Gasteiger partial charge in [0.15, 0.2) is 0 Å². The molecular formula is C16H10Cl3N5O4. The van der Waals surface area contributed by atoms with Crippen molar-refractivity contribution in [2.24, 2.45) is 0 Å². The zero-order valence-electron chi connectivity index (χ0n) is 14.0. The van der Waals surface area contributed by atoms with E-state index in [1.165, 1.54) is 37.4 Å². The van der Waals surface area contributed by atoms with Gasteiger partial charge in [-0.15, -0.1) is 4.68 Å². The molecule has 0 saturated heterocycles. The molecule has 1 heterocycles. The molecule has 0 aliphatic carbocycles. The van der Waals surface area contributed by atoms with Gasteiger partial charge in [0.05, 0.1) is 20.6 Å². The fourth-order valence-electron chi connectivity index (χ4n) is 2.34. The fourth-order valence-corrected chi connectivity index (χ4v) is 3.15. The molecule has 0 radical (unpaired) electrons. The first kappa shape index (κ1) is 19.9. The van der Waals surface area contributed by atoms with E-state index in [0.717, 1.165) is 9.58 Å². The van der Waals surface area contributed by atoms with Crippen LogP contribution in [0.3, 0.4) is 0 Å². The molecule has 3 aromatic rings. The number of carboxylic acids is 1. The molecule has 3 rings (SSSR count). The van der Waals surface area contributed by atoms with Gasteiger partial charge in [0.25, 0.3) is 0 Å². The first-order valence-electron chi connectivity index (χ1n) is 7.52. The number of hydrogen-bond acceptors (Lipinski definition) is 5. The van der Waals surface area contributed by atoms with Gasteiger partial charge < -0.3 is 5.11 Å². The van der Waals surface area contributed by atoms with Crippen LogP contribution >= 0.6 is 34.8 Å². The van der Waals surface area contributed by atoms with Crippen LogP contribution in [0, 0.1) is 0 Å². The molecule has 1 N–H and O–H groups in total. The predicted molar refractivity (Wildman–Crippen MR) is 103 cm³/mol. The third-order valence-corrected chi connectivity index (χ3v) is 4.69. The van der Waals surface area contributed by atoms with E-state index in [0.29, 0.717) is 4.68 Å². The number of amides is 1. The Morgan fingerprint density at radius 2 is 1.68 bits per heavy atom. The molecule has 1 aromatic heterocycles. The van der Waals surface area contributed by atoms with Crippen LogP contribution in [0.2, 0.25) is 15.1 Å². The molecule has 0 saturated carbocycles. The first-order chi connectivity index (χ1) is 13.2. The minimum atomic E-state index is -1.21. The van der Waals surface area contributed by atoms with Crippen molar-refractivity contribution in [1.82, 2.24) is 19.8 Å². The van der Waals surface area contributed by atoms with Gasteiger partial charge in [0.1, 0.15) is 5.69 Å². The van der Waals surface area contributed by atoms with Gasteiger partial charge >= 0.3 is 17.7 Å². The maximum atomic E-state index is 12.7. The molecule has 0 unspecified atom stereocenters. The Hall–Kier alpha value is -2.88. The van der Waals surface area contributed by atoms with Crippen molar-refractivity contribution in [3.05, 3.63) is 67.5 Å². The summed E-state index contributed by atoms with van der Waals surface area (Å²) in [5.74, 6) is -1.21. The second-order valence-electron chi connectivity index (χ2n) is 5.47. The van der Waals surface area contributed by atoms with Gasteiger partial charge in [-0.2, -0.15) is 4.68 Å². The lowest BCUT2D eigenvalue weighted by molar-refractivity contribution is 0.0697. The molecule has 0 aliphatic rings. The van der Waals surface area contributed by atoms with Gasteiger partial charge in [-0.1, -0.05) is 40.9 Å². The predicted octanol–water partition coefficient (Wildman–Crippen LogP) is 3.19. The third-order valence-electron chi connectivity index (χ3n) is 3.77. The van der Waals surface area contributed by atoms with Crippen molar-refractivity contribution in [2.45, 2.75) is 0 Å². The Morgan fingerprint density at radius 1 is 1.04 bits per heavy atom. The number of rotatable bonds is 3. The van der Waals surface area contributed by atoms with Crippen LogP contribution < -0.4 is 10.6 Å². The molecule has 9 nitrogen and oxygen atoms in total. The Morgan fingerprint density at radius 3 is 2.25 bits per heavy atom. The number of carbonyl (C=O) groups is 2. The van der Waals surface area contributed by atoms with Crippen molar-refractivity contribution in [1.29, 1.82) is 0 Å². The number of halogens is 3. The van der Waals surface area contributed by atoms with E-state index in [2.05, 4.69) is 10.4 Å². The Bertz CT molecular complexity index is 1140. The highest BCUT2D eigenvalue weighted by Gasteiger charge is 2.23. The Labute approximate surface area is 172 Å². The summed E-state index contributed by atoms with van der Waals surface area (Å²) in [5, 5.41) is 16.5. The van der Waals surface area contributed by atoms with Crippen LogP contribution in [0.1, 0.15) is 10.4 Å². The monoisotopic (exact) mass is 441 g/mol. The number of carboxylic acid groups (broad SMARTS) is 1. The molecule has 0 spiro atoms. The summed E-state index contributed by atoms with van der Waals surface area (Å²) < 4.78 is 1.32. The lowest BCUT2D eigenvalue weighted by Gasteiger charge is -2.16. The van der Waals surface area contributed by atoms with Gasteiger partial charge in [-0.25, -0.2) is 14.4 Å². The van der Waals surface area contributed by atoms with Crippen LogP contribution in [0.15, 0.2) is 41.2 Å². The quantitative estimate of drug-likeness (QED) is 0.624. The summed E-state index contributed by atoms with van der Waals surface area (Å²) in [6.45, 7) is 0. The van der Waals surface area contributed by atoms with Crippen LogP contribution in [0.5, 0.6) is 0 Å². The Kier molecular flexibility index (Phi) is 5.41. The maximum Gasteiger partial charge on any atom is 0.377 e. The lowest BCUT2D eigenvalue weighted by atomic mass is 10.2. The molecule has 1 amide bonds. The largest absolute Gasteiger partial charge is 0.478 e. The van der Waals surface area contributed by atoms with Crippen LogP contribution in [-0.4, -0.2) is 43.9 Å². The molecule has 2 aromatic carbocycles. The van der Waals surface area contributed by atoms with E-state index >= 15 is 0 Å². The number of nitrogens with zero attached hydrogens (tertiary/aromatic N) is 5. The average molecular weight is 443 g/mol. The van der Waals surface area contributed by atoms with E-state index in [1.54, 1.807) is 6.07 Å². The second-order valence-corrected chi connectivity index (χ2v) is 6.69. The zero-order valence-corrected chi connectivity index (χ0v) is 16.3. The number of aromatic carboxylic acids is 1. The second kappa shape index (κ2) is 7.63. The molecule has 0 aliphatic heterocycles. The topological polar surface area (TPSA) is 110 Å². The number of para-hydroxylation sites is 1. The molecule has 0 atom stereocenters. The number of carbonyl (C=O) groups excluding carboxylic acids is 1. The van der Waals surface area contributed by atoms with Crippen LogP contribution in [-0.2, 0) is 0 Å². The van der Waals surface area contributed by atoms with Gasteiger partial charge in [-0.05, 0) is 40.8 Å². The minimum Gasteiger partial charge on any atom is -0.478 e. The first-order valence-corrected chi connectivity index (χ1v) is 8.66. The number of anilines is 1. The third kappa shape index (κ3) is 3.47. The van der Waals surface area contributed by atoms with E-state index < -0.39 is 17.7 Å². The normalized spacial score (nSPS) is 10.7. The molecule has 0 fully saturated rings. The summed E-state index contributed by atoms with van der Waals surface area (Å²) in [7, 11) is 1.36. The van der Waals surface area contributed by atoms with Crippen molar-refractivity contribution in [2.75, 3.05) is 11.9 Å². The van der Waals surface area contributed by atoms with Crippen molar-refractivity contribution >= 4 is 52.5 Å². The highest BCUT2D eigenvalue weighted by molar-refractivity contribution is 6.37. The molecule has 144 valence electrons. The molecule has 28 heavy (non-hydrogen) atoms. The summed E-state index contributed by atoms with van der Waals surface area (Å²) in [5.41, 5.74) is -0.675. The zero-order chi connectivity index (χ0) is 20.6. The van der Waals surface area contributed by atoms with Crippen LogP contribution in [0.25, 0.3) is 5.69 Å². The summed E-state index contributed by atoms with van der Waals surface area (Å²) >= 11 is 18.0. The van der Waals surface area contributed by atoms with Gasteiger partial charge in [0.2, 0.25) is 0 Å². The minimum absolute atomic E-state index is 0.0662. The summed E-state index contributed by atoms with van der Waals surface area (Å²) in [4.78, 5) is 37.4. The summed E-state index contributed by atoms with van der Waals surface area (Å²) in [6.07, 6.45) is 0.